The quantitative estimate of drug-likeness (QED) is 0.600. The van der Waals surface area contributed by atoms with Crippen LogP contribution >= 0.6 is 0 Å². The molecule has 0 heterocycles. The lowest BCUT2D eigenvalue weighted by Gasteiger charge is -2.31. The lowest BCUT2D eigenvalue weighted by Crippen LogP contribution is -2.34. The molecule has 0 aliphatic rings. The first kappa shape index (κ1) is 20.3. The zero-order chi connectivity index (χ0) is 16.5. The minimum absolute atomic E-state index is 0.0179. The van der Waals surface area contributed by atoms with E-state index in [9.17, 15) is 4.79 Å². The average Bonchev–Trinajstić information content (AvgIpc) is 2.31. The fourth-order valence-electron chi connectivity index (χ4n) is 2.74. The molecule has 0 radical (unpaired) electrons. The summed E-state index contributed by atoms with van der Waals surface area (Å²) < 4.78 is 5.40. The van der Waals surface area contributed by atoms with Crippen LogP contribution in [0.4, 0.5) is 0 Å². The van der Waals surface area contributed by atoms with Crippen molar-refractivity contribution in [3.05, 3.63) is 0 Å². The summed E-state index contributed by atoms with van der Waals surface area (Å²) >= 11 is 0. The van der Waals surface area contributed by atoms with Crippen molar-refractivity contribution in [3.8, 4) is 0 Å². The number of carbonyl (C=O) groups is 1. The van der Waals surface area contributed by atoms with Crippen molar-refractivity contribution in [3.63, 3.8) is 0 Å². The van der Waals surface area contributed by atoms with Gasteiger partial charge in [-0.15, -0.1) is 0 Å². The minimum atomic E-state index is -0.183. The molecular weight excluding hydrogens is 268 g/mol. The average molecular weight is 302 g/mol. The summed E-state index contributed by atoms with van der Waals surface area (Å²) in [6, 6.07) is 0. The normalized spacial score (nSPS) is 12.8. The molecule has 0 atom stereocenters. The van der Waals surface area contributed by atoms with Crippen molar-refractivity contribution >= 4 is 5.97 Å². The Labute approximate surface area is 129 Å². The molecule has 0 unspecified atom stereocenters. The Morgan fingerprint density at radius 2 is 1.76 bits per heavy atom. The summed E-state index contributed by atoms with van der Waals surface area (Å²) in [5.41, 5.74) is 5.70. The van der Waals surface area contributed by atoms with Crippen LogP contribution in [-0.4, -0.2) is 55.4 Å². The number of hydrogen-bond acceptors (Lipinski definition) is 5. The third-order valence-electron chi connectivity index (χ3n) is 3.13. The van der Waals surface area contributed by atoms with Crippen LogP contribution in [0.3, 0.4) is 0 Å². The third-order valence-corrected chi connectivity index (χ3v) is 3.13. The zero-order valence-electron chi connectivity index (χ0n) is 14.4. The van der Waals surface area contributed by atoms with Crippen LogP contribution in [0, 0.1) is 10.8 Å². The van der Waals surface area contributed by atoms with Gasteiger partial charge in [-0.1, -0.05) is 34.6 Å². The van der Waals surface area contributed by atoms with Gasteiger partial charge in [-0.05, 0) is 17.3 Å². The number of aliphatic hydroxyl groups is 1. The molecular formula is C16H34N2O3. The molecule has 5 heteroatoms. The lowest BCUT2D eigenvalue weighted by molar-refractivity contribution is -0.147. The van der Waals surface area contributed by atoms with Crippen LogP contribution in [0.25, 0.3) is 0 Å². The molecule has 0 amide bonds. The molecule has 0 spiro atoms. The molecule has 0 fully saturated rings. The molecule has 0 aromatic carbocycles. The number of aliphatic hydroxyl groups excluding tert-OH is 1. The van der Waals surface area contributed by atoms with Gasteiger partial charge in [0.25, 0.3) is 0 Å². The Morgan fingerprint density at radius 1 is 1.14 bits per heavy atom. The number of esters is 1. The van der Waals surface area contributed by atoms with E-state index in [-0.39, 0.29) is 23.4 Å². The van der Waals surface area contributed by atoms with Crippen molar-refractivity contribution in [2.75, 3.05) is 39.4 Å². The van der Waals surface area contributed by atoms with E-state index in [1.165, 1.54) is 0 Å². The zero-order valence-corrected chi connectivity index (χ0v) is 14.4. The molecule has 0 aliphatic heterocycles. The van der Waals surface area contributed by atoms with Crippen molar-refractivity contribution in [2.45, 2.75) is 47.5 Å². The Balaban J connectivity index is 4.08. The number of ether oxygens (including phenoxy) is 1. The van der Waals surface area contributed by atoms with Gasteiger partial charge in [0.1, 0.15) is 0 Å². The van der Waals surface area contributed by atoms with Gasteiger partial charge >= 0.3 is 5.97 Å². The van der Waals surface area contributed by atoms with Gasteiger partial charge in [0.15, 0.2) is 0 Å². The summed E-state index contributed by atoms with van der Waals surface area (Å²) in [6.45, 7) is 13.7. The highest BCUT2D eigenvalue weighted by molar-refractivity contribution is 5.69. The number of hydrogen-bond donors (Lipinski definition) is 2. The van der Waals surface area contributed by atoms with Crippen LogP contribution in [0.15, 0.2) is 0 Å². The number of carbonyl (C=O) groups excluding carboxylic acids is 1. The summed E-state index contributed by atoms with van der Waals surface area (Å²) in [4.78, 5) is 13.8. The second kappa shape index (κ2) is 9.38. The maximum atomic E-state index is 11.8. The molecule has 0 aromatic rings. The highest BCUT2D eigenvalue weighted by atomic mass is 16.5. The van der Waals surface area contributed by atoms with E-state index in [4.69, 9.17) is 15.6 Å². The smallest absolute Gasteiger partial charge is 0.307 e. The monoisotopic (exact) mass is 302 g/mol. The second-order valence-corrected chi connectivity index (χ2v) is 7.67. The predicted octanol–water partition coefficient (Wildman–Crippen LogP) is 1.64. The van der Waals surface area contributed by atoms with Gasteiger partial charge < -0.3 is 15.6 Å². The standard InChI is InChI=1S/C16H34N2O3/c1-15(2,3)12-16(4,5)13-21-14(20)6-8-18(9-7-17)10-11-19/h19H,6-13,17H2,1-5H3. The topological polar surface area (TPSA) is 75.8 Å². The molecule has 5 nitrogen and oxygen atoms in total. The molecule has 21 heavy (non-hydrogen) atoms. The molecule has 0 saturated carbocycles. The number of rotatable bonds is 10. The Hall–Kier alpha value is -0.650. The molecule has 0 bridgehead atoms. The first-order valence-corrected chi connectivity index (χ1v) is 7.78. The Bertz CT molecular complexity index is 292. The van der Waals surface area contributed by atoms with E-state index in [1.54, 1.807) is 0 Å². The number of nitrogens with two attached hydrogens (primary N) is 1. The van der Waals surface area contributed by atoms with Crippen LogP contribution < -0.4 is 5.73 Å². The molecule has 0 rings (SSSR count). The van der Waals surface area contributed by atoms with E-state index < -0.39 is 0 Å². The fraction of sp³-hybridized carbons (Fsp3) is 0.938. The van der Waals surface area contributed by atoms with Gasteiger partial charge in [-0.2, -0.15) is 0 Å². The lowest BCUT2D eigenvalue weighted by atomic mass is 9.77. The first-order valence-electron chi connectivity index (χ1n) is 7.78. The van der Waals surface area contributed by atoms with E-state index >= 15 is 0 Å². The van der Waals surface area contributed by atoms with Gasteiger partial charge in [0.05, 0.1) is 19.6 Å². The summed E-state index contributed by atoms with van der Waals surface area (Å²) in [5.74, 6) is -0.183. The Morgan fingerprint density at radius 3 is 2.24 bits per heavy atom. The van der Waals surface area contributed by atoms with Gasteiger partial charge in [0, 0.05) is 26.2 Å². The van der Waals surface area contributed by atoms with Crippen molar-refractivity contribution in [2.24, 2.45) is 16.6 Å². The van der Waals surface area contributed by atoms with E-state index in [0.29, 0.717) is 39.2 Å². The highest BCUT2D eigenvalue weighted by Gasteiger charge is 2.27. The van der Waals surface area contributed by atoms with Crippen LogP contribution in [-0.2, 0) is 9.53 Å². The van der Waals surface area contributed by atoms with E-state index in [0.717, 1.165) is 6.42 Å². The molecule has 3 N–H and O–H groups in total. The van der Waals surface area contributed by atoms with Gasteiger partial charge in [0.2, 0.25) is 0 Å². The molecule has 0 aromatic heterocycles. The largest absolute Gasteiger partial charge is 0.465 e. The molecule has 0 saturated heterocycles. The maximum absolute atomic E-state index is 11.8. The first-order chi connectivity index (χ1) is 9.59. The Kier molecular flexibility index (Phi) is 9.09. The minimum Gasteiger partial charge on any atom is -0.465 e. The third kappa shape index (κ3) is 11.7. The van der Waals surface area contributed by atoms with Crippen LogP contribution in [0.5, 0.6) is 0 Å². The predicted molar refractivity (Wildman–Crippen MR) is 86.0 cm³/mol. The van der Waals surface area contributed by atoms with Crippen molar-refractivity contribution in [1.29, 1.82) is 0 Å². The van der Waals surface area contributed by atoms with Crippen molar-refractivity contribution in [1.82, 2.24) is 4.90 Å². The summed E-state index contributed by atoms with van der Waals surface area (Å²) in [5, 5.41) is 8.95. The van der Waals surface area contributed by atoms with E-state index in [2.05, 4.69) is 34.6 Å². The summed E-state index contributed by atoms with van der Waals surface area (Å²) in [7, 11) is 0. The highest BCUT2D eigenvalue weighted by Crippen LogP contribution is 2.33. The van der Waals surface area contributed by atoms with Crippen LogP contribution in [0.1, 0.15) is 47.5 Å². The molecule has 126 valence electrons. The van der Waals surface area contributed by atoms with Crippen molar-refractivity contribution < 1.29 is 14.6 Å². The molecule has 0 aliphatic carbocycles. The van der Waals surface area contributed by atoms with E-state index in [1.807, 2.05) is 4.90 Å². The second-order valence-electron chi connectivity index (χ2n) is 7.67. The van der Waals surface area contributed by atoms with Gasteiger partial charge in [-0.3, -0.25) is 9.69 Å². The number of nitrogens with zero attached hydrogens (tertiary/aromatic N) is 1. The van der Waals surface area contributed by atoms with Crippen LogP contribution in [0.2, 0.25) is 0 Å². The summed E-state index contributed by atoms with van der Waals surface area (Å²) in [6.07, 6.45) is 1.34. The van der Waals surface area contributed by atoms with Gasteiger partial charge in [-0.25, -0.2) is 0 Å². The maximum Gasteiger partial charge on any atom is 0.307 e. The fourth-order valence-corrected chi connectivity index (χ4v) is 2.74. The SMILES string of the molecule is CC(C)(C)CC(C)(C)COC(=O)CCN(CCN)CCO.